The second-order valence-electron chi connectivity index (χ2n) is 15.0. The third kappa shape index (κ3) is 11.5. The van der Waals surface area contributed by atoms with Gasteiger partial charge in [0.1, 0.15) is 11.4 Å². The molecule has 2 amide bonds. The van der Waals surface area contributed by atoms with Crippen LogP contribution >= 0.6 is 0 Å². The highest BCUT2D eigenvalue weighted by Gasteiger charge is 2.28. The Morgan fingerprint density at radius 1 is 0.980 bits per heavy atom. The summed E-state index contributed by atoms with van der Waals surface area (Å²) in [5, 5.41) is 6.59. The van der Waals surface area contributed by atoms with Crippen LogP contribution in [0.15, 0.2) is 54.9 Å². The van der Waals surface area contributed by atoms with Crippen LogP contribution in [0.5, 0.6) is 0 Å². The third-order valence-electron chi connectivity index (χ3n) is 8.36. The number of rotatable bonds is 12. The molecule has 1 aromatic carbocycles. The Morgan fingerprint density at radius 2 is 1.78 bits per heavy atom. The summed E-state index contributed by atoms with van der Waals surface area (Å²) in [4.78, 5) is 45.2. The van der Waals surface area contributed by atoms with Gasteiger partial charge in [0.25, 0.3) is 0 Å². The molecule has 13 heteroatoms. The lowest BCUT2D eigenvalue weighted by Crippen LogP contribution is -2.52. The lowest BCUT2D eigenvalue weighted by Gasteiger charge is -2.35. The molecular formula is C37H52N8O4Si. The number of carbonyl (C=O) groups excluding carboxylic acids is 2. The number of nitrogens with one attached hydrogen (secondary N) is 2. The van der Waals surface area contributed by atoms with Gasteiger partial charge in [0.05, 0.1) is 18.8 Å². The first-order chi connectivity index (χ1) is 23.8. The maximum atomic E-state index is 12.7. The van der Waals surface area contributed by atoms with Gasteiger partial charge in [0, 0.05) is 69.0 Å². The van der Waals surface area contributed by atoms with E-state index >= 15 is 0 Å². The van der Waals surface area contributed by atoms with E-state index in [2.05, 4.69) is 70.5 Å². The summed E-state index contributed by atoms with van der Waals surface area (Å²) in [5.74, 6) is 1.47. The number of hydrogen-bond donors (Lipinski definition) is 2. The van der Waals surface area contributed by atoms with Gasteiger partial charge in [-0.25, -0.2) is 19.7 Å². The molecule has 0 aliphatic carbocycles. The van der Waals surface area contributed by atoms with Crippen LogP contribution in [0.3, 0.4) is 0 Å². The first-order valence-corrected chi connectivity index (χ1v) is 18.5. The summed E-state index contributed by atoms with van der Waals surface area (Å²) >= 11 is 0. The number of pyridine rings is 1. The molecule has 0 bridgehead atoms. The van der Waals surface area contributed by atoms with E-state index in [0.717, 1.165) is 54.1 Å². The fourth-order valence-corrected chi connectivity index (χ4v) is 6.65. The molecule has 268 valence electrons. The van der Waals surface area contributed by atoms with E-state index in [1.165, 1.54) is 0 Å². The van der Waals surface area contributed by atoms with Crippen LogP contribution in [0.25, 0.3) is 11.3 Å². The number of piperazine rings is 1. The maximum Gasteiger partial charge on any atom is 0.410 e. The second kappa shape index (κ2) is 16.8. The fraction of sp³-hybridized carbons (Fsp3) is 0.541. The third-order valence-corrected chi connectivity index (χ3v) is 9.26. The van der Waals surface area contributed by atoms with Crippen molar-refractivity contribution in [3.63, 3.8) is 0 Å². The number of anilines is 3. The molecule has 50 heavy (non-hydrogen) atoms. The van der Waals surface area contributed by atoms with Gasteiger partial charge in [-0.3, -0.25) is 9.69 Å². The summed E-state index contributed by atoms with van der Waals surface area (Å²) in [7, 11) is 0.433. The molecule has 12 nitrogen and oxygen atoms in total. The van der Waals surface area contributed by atoms with E-state index in [4.69, 9.17) is 19.1 Å². The lowest BCUT2D eigenvalue weighted by atomic mass is 10.1. The first-order valence-electron chi connectivity index (χ1n) is 17.6. The van der Waals surface area contributed by atoms with Gasteiger partial charge in [-0.1, -0.05) is 32.9 Å². The fourth-order valence-electron chi connectivity index (χ4n) is 5.98. The van der Waals surface area contributed by atoms with Gasteiger partial charge in [-0.15, -0.1) is 0 Å². The SMILES string of the molecule is CC(C)(C)OC(=O)N1CCN(CC(=O)NCCC2CCCN2c2ccc(-c3ccnc(Nc4cccc(CO[Si]C(C)(C)C)c4)n3)cn2)CC1. The molecule has 2 saturated heterocycles. The molecule has 0 saturated carbocycles. The Hall–Kier alpha value is -4.07. The number of carbonyl (C=O) groups is 2. The number of amides is 2. The molecule has 2 aliphatic heterocycles. The zero-order valence-corrected chi connectivity index (χ0v) is 31.4. The average molecular weight is 701 g/mol. The number of nitrogens with zero attached hydrogens (tertiary/aromatic N) is 6. The summed E-state index contributed by atoms with van der Waals surface area (Å²) < 4.78 is 11.4. The smallest absolute Gasteiger partial charge is 0.410 e. The van der Waals surface area contributed by atoms with Crippen molar-refractivity contribution in [3.8, 4) is 11.3 Å². The molecule has 1 atom stereocenters. The van der Waals surface area contributed by atoms with Gasteiger partial charge < -0.3 is 29.6 Å². The minimum absolute atomic E-state index is 0.0135. The van der Waals surface area contributed by atoms with Crippen molar-refractivity contribution in [2.24, 2.45) is 0 Å². The molecule has 2 fully saturated rings. The zero-order valence-electron chi connectivity index (χ0n) is 30.4. The molecule has 2 N–H and O–H groups in total. The largest absolute Gasteiger partial charge is 0.444 e. The van der Waals surface area contributed by atoms with Crippen molar-refractivity contribution in [3.05, 3.63) is 60.4 Å². The highest BCUT2D eigenvalue weighted by Crippen LogP contribution is 2.28. The highest BCUT2D eigenvalue weighted by molar-refractivity contribution is 6.31. The van der Waals surface area contributed by atoms with Crippen LogP contribution in [0.2, 0.25) is 5.04 Å². The minimum Gasteiger partial charge on any atom is -0.444 e. The van der Waals surface area contributed by atoms with Crippen LogP contribution in [0.4, 0.5) is 22.2 Å². The normalized spacial score (nSPS) is 17.1. The Morgan fingerprint density at radius 3 is 2.50 bits per heavy atom. The van der Waals surface area contributed by atoms with E-state index in [1.807, 2.05) is 45.2 Å². The first kappa shape index (κ1) is 37.2. The molecule has 3 aromatic rings. The predicted molar refractivity (Wildman–Crippen MR) is 197 cm³/mol. The van der Waals surface area contributed by atoms with Crippen LogP contribution in [0.1, 0.15) is 66.4 Å². The van der Waals surface area contributed by atoms with E-state index in [9.17, 15) is 9.59 Å². The topological polar surface area (TPSA) is 125 Å². The van der Waals surface area contributed by atoms with Gasteiger partial charge in [0.15, 0.2) is 0 Å². The standard InChI is InChI=1S/C37H52N8O4Si/c1-36(2,3)49-35(47)44-21-19-43(20-22-44)25-33(46)38-16-14-30-11-8-18-45(30)32-13-12-28(24-40-32)31-15-17-39-34(42-31)41-29-10-7-9-27(23-29)26-48-50-37(4,5)6/h7,9-10,12-13,15,17,23-24,30H,8,11,14,16,18-22,25-26H2,1-6H3,(H,38,46)(H,39,41,42). The number of hydrogen-bond acceptors (Lipinski definition) is 10. The Balaban J connectivity index is 1.07. The molecule has 2 radical (unpaired) electrons. The van der Waals surface area contributed by atoms with E-state index in [-0.39, 0.29) is 17.0 Å². The van der Waals surface area contributed by atoms with E-state index in [1.54, 1.807) is 11.1 Å². The molecular weight excluding hydrogens is 649 g/mol. The van der Waals surface area contributed by atoms with E-state index < -0.39 is 5.60 Å². The molecule has 4 heterocycles. The van der Waals surface area contributed by atoms with Gasteiger partial charge in [-0.2, -0.15) is 0 Å². The van der Waals surface area contributed by atoms with Crippen molar-refractivity contribution >= 4 is 39.2 Å². The van der Waals surface area contributed by atoms with Crippen molar-refractivity contribution in [1.29, 1.82) is 0 Å². The number of ether oxygens (including phenoxy) is 1. The maximum absolute atomic E-state index is 12.7. The lowest BCUT2D eigenvalue weighted by molar-refractivity contribution is -0.122. The zero-order chi connectivity index (χ0) is 35.7. The van der Waals surface area contributed by atoms with Gasteiger partial charge in [0.2, 0.25) is 21.6 Å². The predicted octanol–water partition coefficient (Wildman–Crippen LogP) is 5.66. The average Bonchev–Trinajstić information content (AvgIpc) is 3.53. The van der Waals surface area contributed by atoms with Crippen LogP contribution in [-0.2, 0) is 20.6 Å². The number of aromatic nitrogens is 3. The van der Waals surface area contributed by atoms with Crippen LogP contribution in [-0.4, -0.2) is 104 Å². The highest BCUT2D eigenvalue weighted by atomic mass is 28.2. The quantitative estimate of drug-likeness (QED) is 0.229. The Kier molecular flexibility index (Phi) is 12.5. The summed E-state index contributed by atoms with van der Waals surface area (Å²) in [5.41, 5.74) is 3.20. The molecule has 2 aromatic heterocycles. The van der Waals surface area contributed by atoms with Crippen LogP contribution in [0, 0.1) is 0 Å². The minimum atomic E-state index is -0.514. The van der Waals surface area contributed by atoms with Gasteiger partial charge in [-0.05, 0) is 81.0 Å². The van der Waals surface area contributed by atoms with Crippen molar-refractivity contribution < 1.29 is 18.8 Å². The summed E-state index contributed by atoms with van der Waals surface area (Å²) in [6, 6.07) is 14.4. The second-order valence-corrected chi connectivity index (χ2v) is 17.0. The monoisotopic (exact) mass is 700 g/mol. The van der Waals surface area contributed by atoms with Crippen molar-refractivity contribution in [1.82, 2.24) is 30.1 Å². The van der Waals surface area contributed by atoms with Gasteiger partial charge >= 0.3 is 6.09 Å². The Labute approximate surface area is 299 Å². The molecule has 0 spiro atoms. The molecule has 2 aliphatic rings. The summed E-state index contributed by atoms with van der Waals surface area (Å²) in [6.45, 7) is 17.0. The van der Waals surface area contributed by atoms with Crippen LogP contribution < -0.4 is 15.5 Å². The van der Waals surface area contributed by atoms with E-state index in [0.29, 0.717) is 67.6 Å². The summed E-state index contributed by atoms with van der Waals surface area (Å²) in [6.07, 6.45) is 6.35. The van der Waals surface area contributed by atoms with Crippen molar-refractivity contribution in [2.75, 3.05) is 56.0 Å². The number of benzene rings is 1. The molecule has 1 unspecified atom stereocenters. The van der Waals surface area contributed by atoms with Crippen molar-refractivity contribution in [2.45, 2.75) is 84.1 Å². The Bertz CT molecular complexity index is 1570. The molecule has 5 rings (SSSR count).